The molecule has 0 saturated carbocycles. The molecule has 1 saturated heterocycles. The molecular weight excluding hydrogens is 184 g/mol. The van der Waals surface area contributed by atoms with Crippen molar-refractivity contribution >= 4 is 0 Å². The second-order valence-electron chi connectivity index (χ2n) is 4.55. The summed E-state index contributed by atoms with van der Waals surface area (Å²) in [4.78, 5) is 0. The smallest absolute Gasteiger partial charge is 0.0132 e. The summed E-state index contributed by atoms with van der Waals surface area (Å²) in [5.74, 6) is 0.485. The van der Waals surface area contributed by atoms with Crippen molar-refractivity contribution in [3.05, 3.63) is 34.9 Å². The zero-order valence-electron chi connectivity index (χ0n) is 9.59. The predicted octanol–water partition coefficient (Wildman–Crippen LogP) is 1.71. The molecule has 2 rings (SSSR count). The molecule has 1 fully saturated rings. The molecule has 0 amide bonds. The summed E-state index contributed by atoms with van der Waals surface area (Å²) >= 11 is 0. The zero-order chi connectivity index (χ0) is 10.8. The molecule has 1 aromatic rings. The Bertz CT molecular complexity index is 346. The van der Waals surface area contributed by atoms with Gasteiger partial charge in [0.05, 0.1) is 0 Å². The van der Waals surface area contributed by atoms with Gasteiger partial charge in [0.15, 0.2) is 0 Å². The van der Waals surface area contributed by atoms with E-state index < -0.39 is 0 Å². The minimum atomic E-state index is 0.312. The highest BCUT2D eigenvalue weighted by atomic mass is 14.9. The Labute approximate surface area is 91.9 Å². The topological polar surface area (TPSA) is 38.0 Å². The van der Waals surface area contributed by atoms with Crippen LogP contribution in [0.4, 0.5) is 0 Å². The molecule has 0 aromatic heterocycles. The molecule has 3 N–H and O–H groups in total. The van der Waals surface area contributed by atoms with Crippen molar-refractivity contribution in [3.8, 4) is 0 Å². The maximum atomic E-state index is 6.19. The molecule has 1 heterocycles. The number of hydrogen-bond donors (Lipinski definition) is 2. The van der Waals surface area contributed by atoms with E-state index in [2.05, 4.69) is 37.4 Å². The van der Waals surface area contributed by atoms with Crippen molar-refractivity contribution in [2.45, 2.75) is 32.2 Å². The fourth-order valence-corrected chi connectivity index (χ4v) is 2.39. The fraction of sp³-hybridized carbons (Fsp3) is 0.538. The molecule has 15 heavy (non-hydrogen) atoms. The van der Waals surface area contributed by atoms with Crippen LogP contribution in [0.15, 0.2) is 18.2 Å². The maximum absolute atomic E-state index is 6.19. The monoisotopic (exact) mass is 204 g/mol. The van der Waals surface area contributed by atoms with E-state index in [4.69, 9.17) is 5.73 Å². The lowest BCUT2D eigenvalue weighted by Gasteiger charge is -2.31. The van der Waals surface area contributed by atoms with Gasteiger partial charge in [-0.1, -0.05) is 18.2 Å². The minimum absolute atomic E-state index is 0.312. The lowest BCUT2D eigenvalue weighted by molar-refractivity contribution is 0.402. The van der Waals surface area contributed by atoms with E-state index in [-0.39, 0.29) is 0 Å². The molecule has 2 nitrogen and oxygen atoms in total. The van der Waals surface area contributed by atoms with Crippen molar-refractivity contribution < 1.29 is 0 Å². The maximum Gasteiger partial charge on any atom is 0.0132 e. The summed E-state index contributed by atoms with van der Waals surface area (Å²) in [5, 5.41) is 3.43. The largest absolute Gasteiger partial charge is 0.327 e. The van der Waals surface area contributed by atoms with E-state index >= 15 is 0 Å². The Kier molecular flexibility index (Phi) is 3.08. The molecule has 0 radical (unpaired) electrons. The Hall–Kier alpha value is -0.860. The van der Waals surface area contributed by atoms with E-state index in [9.17, 15) is 0 Å². The second kappa shape index (κ2) is 4.33. The third-order valence-electron chi connectivity index (χ3n) is 3.58. The Balaban J connectivity index is 2.31. The lowest BCUT2D eigenvalue weighted by Crippen LogP contribution is -2.43. The lowest BCUT2D eigenvalue weighted by atomic mass is 9.84. The number of nitrogens with one attached hydrogen (secondary N) is 1. The summed E-state index contributed by atoms with van der Waals surface area (Å²) in [5.41, 5.74) is 10.4. The quantitative estimate of drug-likeness (QED) is 0.731. The average Bonchev–Trinajstić information content (AvgIpc) is 2.23. The number of hydrogen-bond acceptors (Lipinski definition) is 2. The Morgan fingerprint density at radius 1 is 1.33 bits per heavy atom. The molecule has 2 atom stereocenters. The molecule has 0 bridgehead atoms. The van der Waals surface area contributed by atoms with Gasteiger partial charge in [-0.25, -0.2) is 0 Å². The predicted molar refractivity (Wildman–Crippen MR) is 64.1 cm³/mol. The van der Waals surface area contributed by atoms with Gasteiger partial charge in [0.25, 0.3) is 0 Å². The number of nitrogens with two attached hydrogens (primary N) is 1. The van der Waals surface area contributed by atoms with Crippen molar-refractivity contribution in [1.29, 1.82) is 0 Å². The van der Waals surface area contributed by atoms with Gasteiger partial charge >= 0.3 is 0 Å². The van der Waals surface area contributed by atoms with Crippen LogP contribution in [0.2, 0.25) is 0 Å². The zero-order valence-corrected chi connectivity index (χ0v) is 9.59. The van der Waals surface area contributed by atoms with Gasteiger partial charge in [-0.05, 0) is 43.5 Å². The van der Waals surface area contributed by atoms with Crippen molar-refractivity contribution in [3.63, 3.8) is 0 Å². The summed E-state index contributed by atoms with van der Waals surface area (Å²) in [7, 11) is 0. The highest BCUT2D eigenvalue weighted by Gasteiger charge is 2.24. The first kappa shape index (κ1) is 10.7. The SMILES string of the molecule is Cc1cccc(C2CNCCC2N)c1C. The molecule has 1 aliphatic rings. The fourth-order valence-electron chi connectivity index (χ4n) is 2.39. The van der Waals surface area contributed by atoms with Crippen LogP contribution in [0, 0.1) is 13.8 Å². The van der Waals surface area contributed by atoms with Crippen LogP contribution >= 0.6 is 0 Å². The highest BCUT2D eigenvalue weighted by Crippen LogP contribution is 2.26. The summed E-state index contributed by atoms with van der Waals surface area (Å²) in [6.07, 6.45) is 1.08. The van der Waals surface area contributed by atoms with E-state index in [1.807, 2.05) is 0 Å². The van der Waals surface area contributed by atoms with Crippen LogP contribution in [0.25, 0.3) is 0 Å². The van der Waals surface area contributed by atoms with E-state index in [0.717, 1.165) is 19.5 Å². The molecule has 82 valence electrons. The Morgan fingerprint density at radius 2 is 2.13 bits per heavy atom. The van der Waals surface area contributed by atoms with E-state index in [1.165, 1.54) is 16.7 Å². The minimum Gasteiger partial charge on any atom is -0.327 e. The molecule has 1 aromatic carbocycles. The van der Waals surface area contributed by atoms with Gasteiger partial charge in [-0.15, -0.1) is 0 Å². The number of piperidine rings is 1. The normalized spacial score (nSPS) is 26.6. The number of aryl methyl sites for hydroxylation is 1. The van der Waals surface area contributed by atoms with Gasteiger partial charge in [-0.3, -0.25) is 0 Å². The highest BCUT2D eigenvalue weighted by molar-refractivity contribution is 5.36. The van der Waals surface area contributed by atoms with Crippen molar-refractivity contribution in [1.82, 2.24) is 5.32 Å². The van der Waals surface area contributed by atoms with Gasteiger partial charge in [0.1, 0.15) is 0 Å². The van der Waals surface area contributed by atoms with Crippen LogP contribution < -0.4 is 11.1 Å². The standard InChI is InChI=1S/C13H20N2/c1-9-4-3-5-11(10(9)2)12-8-15-7-6-13(12)14/h3-5,12-13,15H,6-8,14H2,1-2H3. The summed E-state index contributed by atoms with van der Waals surface area (Å²) in [6, 6.07) is 6.84. The number of rotatable bonds is 1. The van der Waals surface area contributed by atoms with E-state index in [0.29, 0.717) is 12.0 Å². The van der Waals surface area contributed by atoms with E-state index in [1.54, 1.807) is 0 Å². The molecule has 1 aliphatic heterocycles. The van der Waals surface area contributed by atoms with Gasteiger partial charge in [-0.2, -0.15) is 0 Å². The van der Waals surface area contributed by atoms with Crippen LogP contribution in [0.5, 0.6) is 0 Å². The third-order valence-corrected chi connectivity index (χ3v) is 3.58. The van der Waals surface area contributed by atoms with Crippen molar-refractivity contribution in [2.24, 2.45) is 5.73 Å². The third kappa shape index (κ3) is 2.06. The van der Waals surface area contributed by atoms with Crippen LogP contribution in [0.1, 0.15) is 29.0 Å². The molecule has 0 spiro atoms. The average molecular weight is 204 g/mol. The summed E-state index contributed by atoms with van der Waals surface area (Å²) < 4.78 is 0. The second-order valence-corrected chi connectivity index (χ2v) is 4.55. The molecule has 0 aliphatic carbocycles. The van der Waals surface area contributed by atoms with Crippen LogP contribution in [-0.2, 0) is 0 Å². The van der Waals surface area contributed by atoms with Gasteiger partial charge in [0, 0.05) is 18.5 Å². The van der Waals surface area contributed by atoms with Gasteiger partial charge < -0.3 is 11.1 Å². The van der Waals surface area contributed by atoms with Crippen molar-refractivity contribution in [2.75, 3.05) is 13.1 Å². The van der Waals surface area contributed by atoms with Crippen LogP contribution in [-0.4, -0.2) is 19.1 Å². The van der Waals surface area contributed by atoms with Crippen LogP contribution in [0.3, 0.4) is 0 Å². The number of benzene rings is 1. The summed E-state index contributed by atoms with van der Waals surface area (Å²) in [6.45, 7) is 6.45. The molecule has 2 unspecified atom stereocenters. The first-order valence-electron chi connectivity index (χ1n) is 5.72. The Morgan fingerprint density at radius 3 is 2.87 bits per heavy atom. The van der Waals surface area contributed by atoms with Gasteiger partial charge in [0.2, 0.25) is 0 Å². The first-order chi connectivity index (χ1) is 7.20. The molecule has 2 heteroatoms. The first-order valence-corrected chi connectivity index (χ1v) is 5.72. The molecular formula is C13H20N2.